The fourth-order valence-electron chi connectivity index (χ4n) is 2.42. The standard InChI is InChI=1S/C11H24N2/c1-12-10-8-6-4-5-7-9-11(10)13(2)3/h10-12H,4-9H2,1-3H3. The molecule has 78 valence electrons. The molecule has 0 radical (unpaired) electrons. The van der Waals surface area contributed by atoms with Gasteiger partial charge in [0.1, 0.15) is 0 Å². The summed E-state index contributed by atoms with van der Waals surface area (Å²) in [4.78, 5) is 2.38. The van der Waals surface area contributed by atoms with Crippen molar-refractivity contribution in [2.24, 2.45) is 0 Å². The number of likely N-dealkylation sites (N-methyl/N-ethyl adjacent to an activating group) is 2. The highest BCUT2D eigenvalue weighted by Crippen LogP contribution is 2.20. The molecule has 0 aromatic heterocycles. The summed E-state index contributed by atoms with van der Waals surface area (Å²) in [7, 11) is 6.51. The van der Waals surface area contributed by atoms with Gasteiger partial charge < -0.3 is 10.2 Å². The molecule has 0 aliphatic heterocycles. The van der Waals surface area contributed by atoms with Crippen LogP contribution in [0, 0.1) is 0 Å². The van der Waals surface area contributed by atoms with Crippen molar-refractivity contribution in [2.75, 3.05) is 21.1 Å². The maximum absolute atomic E-state index is 3.46. The minimum Gasteiger partial charge on any atom is -0.315 e. The summed E-state index contributed by atoms with van der Waals surface area (Å²) in [6.07, 6.45) is 8.37. The second-order valence-corrected chi connectivity index (χ2v) is 4.42. The molecule has 2 nitrogen and oxygen atoms in total. The lowest BCUT2D eigenvalue weighted by molar-refractivity contribution is 0.198. The number of hydrogen-bond acceptors (Lipinski definition) is 2. The smallest absolute Gasteiger partial charge is 0.0243 e. The highest BCUT2D eigenvalue weighted by molar-refractivity contribution is 4.82. The van der Waals surface area contributed by atoms with E-state index in [1.54, 1.807) is 0 Å². The van der Waals surface area contributed by atoms with Gasteiger partial charge in [0.05, 0.1) is 0 Å². The van der Waals surface area contributed by atoms with Gasteiger partial charge >= 0.3 is 0 Å². The largest absolute Gasteiger partial charge is 0.315 e. The molecule has 2 atom stereocenters. The maximum atomic E-state index is 3.46. The topological polar surface area (TPSA) is 15.3 Å². The second-order valence-electron chi connectivity index (χ2n) is 4.42. The van der Waals surface area contributed by atoms with Crippen LogP contribution in [0.2, 0.25) is 0 Å². The minimum absolute atomic E-state index is 0.704. The molecule has 0 aromatic rings. The predicted octanol–water partition coefficient (Wildman–Crippen LogP) is 1.86. The molecule has 1 aliphatic carbocycles. The molecular formula is C11H24N2. The lowest BCUT2D eigenvalue weighted by atomic mass is 9.92. The zero-order valence-electron chi connectivity index (χ0n) is 9.34. The fraction of sp³-hybridized carbons (Fsp3) is 1.00. The van der Waals surface area contributed by atoms with Crippen molar-refractivity contribution >= 4 is 0 Å². The van der Waals surface area contributed by atoms with Crippen LogP contribution in [-0.2, 0) is 0 Å². The Kier molecular flexibility index (Phi) is 4.74. The Hall–Kier alpha value is -0.0800. The average molecular weight is 184 g/mol. The van der Waals surface area contributed by atoms with Crippen LogP contribution in [0.15, 0.2) is 0 Å². The third-order valence-corrected chi connectivity index (χ3v) is 3.26. The van der Waals surface area contributed by atoms with Crippen LogP contribution in [0.25, 0.3) is 0 Å². The van der Waals surface area contributed by atoms with Crippen LogP contribution < -0.4 is 5.32 Å². The summed E-state index contributed by atoms with van der Waals surface area (Å²) in [5, 5.41) is 3.46. The van der Waals surface area contributed by atoms with Gasteiger partial charge in [0.2, 0.25) is 0 Å². The average Bonchev–Trinajstić information content (AvgIpc) is 2.03. The van der Waals surface area contributed by atoms with E-state index in [0.29, 0.717) is 6.04 Å². The van der Waals surface area contributed by atoms with E-state index in [1.807, 2.05) is 0 Å². The Labute approximate surface area is 82.7 Å². The maximum Gasteiger partial charge on any atom is 0.0243 e. The van der Waals surface area contributed by atoms with Crippen LogP contribution >= 0.6 is 0 Å². The Morgan fingerprint density at radius 1 is 1.00 bits per heavy atom. The third-order valence-electron chi connectivity index (χ3n) is 3.26. The van der Waals surface area contributed by atoms with Gasteiger partial charge in [0.25, 0.3) is 0 Å². The predicted molar refractivity (Wildman–Crippen MR) is 58.0 cm³/mol. The summed E-state index contributed by atoms with van der Waals surface area (Å²) in [5.74, 6) is 0. The first-order chi connectivity index (χ1) is 6.25. The van der Waals surface area contributed by atoms with Gasteiger partial charge in [-0.3, -0.25) is 0 Å². The van der Waals surface area contributed by atoms with E-state index in [-0.39, 0.29) is 0 Å². The van der Waals surface area contributed by atoms with Crippen LogP contribution in [0.4, 0.5) is 0 Å². The van der Waals surface area contributed by atoms with Crippen molar-refractivity contribution in [2.45, 2.75) is 50.6 Å². The molecule has 0 amide bonds. The Bertz CT molecular complexity index is 134. The number of rotatable bonds is 2. The highest BCUT2D eigenvalue weighted by atomic mass is 15.1. The first-order valence-corrected chi connectivity index (χ1v) is 5.59. The van der Waals surface area contributed by atoms with Gasteiger partial charge in [0, 0.05) is 12.1 Å². The Morgan fingerprint density at radius 3 is 2.15 bits per heavy atom. The van der Waals surface area contributed by atoms with Gasteiger partial charge in [-0.25, -0.2) is 0 Å². The third kappa shape index (κ3) is 3.28. The van der Waals surface area contributed by atoms with Crippen molar-refractivity contribution in [1.82, 2.24) is 10.2 Å². The number of nitrogens with zero attached hydrogens (tertiary/aromatic N) is 1. The van der Waals surface area contributed by atoms with Crippen molar-refractivity contribution in [3.05, 3.63) is 0 Å². The molecule has 1 fully saturated rings. The molecule has 0 aromatic carbocycles. The molecule has 1 N–H and O–H groups in total. The monoisotopic (exact) mass is 184 g/mol. The summed E-state index contributed by atoms with van der Waals surface area (Å²) in [5.41, 5.74) is 0. The first-order valence-electron chi connectivity index (χ1n) is 5.59. The van der Waals surface area contributed by atoms with Crippen LogP contribution in [0.1, 0.15) is 38.5 Å². The van der Waals surface area contributed by atoms with E-state index < -0.39 is 0 Å². The van der Waals surface area contributed by atoms with Crippen molar-refractivity contribution in [3.63, 3.8) is 0 Å². The summed E-state index contributed by atoms with van der Waals surface area (Å²) < 4.78 is 0. The number of hydrogen-bond donors (Lipinski definition) is 1. The van der Waals surface area contributed by atoms with Gasteiger partial charge in [-0.1, -0.05) is 25.7 Å². The summed E-state index contributed by atoms with van der Waals surface area (Å²) >= 11 is 0. The minimum atomic E-state index is 0.704. The SMILES string of the molecule is CNC1CCCCCCC1N(C)C. The van der Waals surface area contributed by atoms with Gasteiger partial charge in [-0.2, -0.15) is 0 Å². The van der Waals surface area contributed by atoms with Crippen molar-refractivity contribution in [1.29, 1.82) is 0 Å². The molecule has 1 aliphatic rings. The van der Waals surface area contributed by atoms with Gasteiger partial charge in [0.15, 0.2) is 0 Å². The quantitative estimate of drug-likeness (QED) is 0.704. The van der Waals surface area contributed by atoms with E-state index in [9.17, 15) is 0 Å². The van der Waals surface area contributed by atoms with E-state index >= 15 is 0 Å². The van der Waals surface area contributed by atoms with E-state index in [2.05, 4.69) is 31.4 Å². The van der Waals surface area contributed by atoms with Crippen molar-refractivity contribution in [3.8, 4) is 0 Å². The molecule has 2 heteroatoms. The molecule has 0 saturated heterocycles. The molecule has 1 saturated carbocycles. The van der Waals surface area contributed by atoms with Crippen LogP contribution in [0.5, 0.6) is 0 Å². The molecule has 0 spiro atoms. The summed E-state index contributed by atoms with van der Waals surface area (Å²) in [6, 6.07) is 1.44. The second kappa shape index (κ2) is 5.61. The number of nitrogens with one attached hydrogen (secondary N) is 1. The molecule has 0 heterocycles. The molecule has 1 rings (SSSR count). The van der Waals surface area contributed by atoms with Crippen molar-refractivity contribution < 1.29 is 0 Å². The van der Waals surface area contributed by atoms with Gasteiger partial charge in [-0.15, -0.1) is 0 Å². The Morgan fingerprint density at radius 2 is 1.62 bits per heavy atom. The molecular weight excluding hydrogens is 160 g/mol. The van der Waals surface area contributed by atoms with Crippen LogP contribution in [-0.4, -0.2) is 38.1 Å². The molecule has 2 unspecified atom stereocenters. The first kappa shape index (κ1) is 11.0. The van der Waals surface area contributed by atoms with E-state index in [1.165, 1.54) is 38.5 Å². The summed E-state index contributed by atoms with van der Waals surface area (Å²) in [6.45, 7) is 0. The highest BCUT2D eigenvalue weighted by Gasteiger charge is 2.22. The molecule has 0 bridgehead atoms. The van der Waals surface area contributed by atoms with Gasteiger partial charge in [-0.05, 0) is 34.0 Å². The normalized spacial score (nSPS) is 31.4. The zero-order valence-corrected chi connectivity index (χ0v) is 9.34. The van der Waals surface area contributed by atoms with Crippen LogP contribution in [0.3, 0.4) is 0 Å². The lowest BCUT2D eigenvalue weighted by Gasteiger charge is -2.33. The van der Waals surface area contributed by atoms with E-state index in [4.69, 9.17) is 0 Å². The van der Waals surface area contributed by atoms with E-state index in [0.717, 1.165) is 6.04 Å². The Balaban J connectivity index is 2.50. The lowest BCUT2D eigenvalue weighted by Crippen LogP contribution is -2.46. The molecule has 13 heavy (non-hydrogen) atoms. The fourth-order valence-corrected chi connectivity index (χ4v) is 2.42. The zero-order chi connectivity index (χ0) is 9.68.